The van der Waals surface area contributed by atoms with Gasteiger partial charge >= 0.3 is 5.97 Å². The minimum Gasteiger partial charge on any atom is -0.504 e. The van der Waals surface area contributed by atoms with Crippen LogP contribution < -0.4 is 0 Å². The van der Waals surface area contributed by atoms with Gasteiger partial charge in [0.25, 0.3) is 11.7 Å². The highest BCUT2D eigenvalue weighted by Crippen LogP contribution is 2.38. The van der Waals surface area contributed by atoms with E-state index >= 15 is 0 Å². The van der Waals surface area contributed by atoms with Gasteiger partial charge in [-0.1, -0.05) is 77.6 Å². The summed E-state index contributed by atoms with van der Waals surface area (Å²) in [6.07, 6.45) is 12.6. The molecule has 1 amide bonds. The zero-order valence-corrected chi connectivity index (χ0v) is 32.2. The van der Waals surface area contributed by atoms with Crippen LogP contribution in [0.4, 0.5) is 8.78 Å². The average molecular weight is 816 g/mol. The predicted molar refractivity (Wildman–Crippen MR) is 220 cm³/mol. The molecule has 0 spiro atoms. The second kappa shape index (κ2) is 20.8. The number of halogens is 2. The molecule has 2 aliphatic carbocycles. The molecule has 3 heterocycles. The van der Waals surface area contributed by atoms with Crippen molar-refractivity contribution in [2.24, 2.45) is 0 Å². The van der Waals surface area contributed by atoms with Crippen molar-refractivity contribution in [2.75, 3.05) is 20.7 Å². The summed E-state index contributed by atoms with van der Waals surface area (Å²) in [5.41, 5.74) is 3.13. The number of amides is 1. The van der Waals surface area contributed by atoms with Gasteiger partial charge in [0, 0.05) is 48.9 Å². The maximum Gasteiger partial charge on any atom is 0.378 e. The van der Waals surface area contributed by atoms with Crippen LogP contribution >= 0.6 is 0 Å². The van der Waals surface area contributed by atoms with Crippen LogP contribution in [0.3, 0.4) is 0 Å². The lowest BCUT2D eigenvalue weighted by Crippen LogP contribution is -2.22. The topological polar surface area (TPSA) is 147 Å². The lowest BCUT2D eigenvalue weighted by atomic mass is 9.87. The molecule has 10 nitrogen and oxygen atoms in total. The van der Waals surface area contributed by atoms with Crippen LogP contribution in [0.5, 0.6) is 0 Å². The molecule has 1 aliphatic heterocycles. The van der Waals surface area contributed by atoms with Gasteiger partial charge in [0.2, 0.25) is 5.78 Å². The molecular formula is C47H55F2NO9. The molecule has 4 aromatic rings. The van der Waals surface area contributed by atoms with E-state index in [0.29, 0.717) is 24.0 Å². The van der Waals surface area contributed by atoms with Crippen LogP contribution in [0.2, 0.25) is 0 Å². The number of hydrogen-bond acceptors (Lipinski definition) is 9. The van der Waals surface area contributed by atoms with Gasteiger partial charge in [-0.05, 0) is 73.2 Å². The Balaban J connectivity index is 0.000000252. The smallest absolute Gasteiger partial charge is 0.378 e. The van der Waals surface area contributed by atoms with Gasteiger partial charge in [0.05, 0.1) is 19.2 Å². The van der Waals surface area contributed by atoms with Gasteiger partial charge in [0.1, 0.15) is 23.2 Å². The number of methoxy groups -OCH3 is 1. The van der Waals surface area contributed by atoms with Crippen molar-refractivity contribution >= 4 is 29.2 Å². The summed E-state index contributed by atoms with van der Waals surface area (Å²) in [5.74, 6) is -2.24. The second-order valence-electron chi connectivity index (χ2n) is 15.0. The van der Waals surface area contributed by atoms with E-state index in [1.807, 2.05) is 12.1 Å². The Morgan fingerprint density at radius 3 is 1.63 bits per heavy atom. The van der Waals surface area contributed by atoms with E-state index in [-0.39, 0.29) is 62.0 Å². The Bertz CT molecular complexity index is 2150. The lowest BCUT2D eigenvalue weighted by molar-refractivity contribution is -0.149. The summed E-state index contributed by atoms with van der Waals surface area (Å²) in [4.78, 5) is 49.5. The summed E-state index contributed by atoms with van der Waals surface area (Å²) >= 11 is 0. The fourth-order valence-corrected chi connectivity index (χ4v) is 7.75. The maximum absolute atomic E-state index is 13.3. The van der Waals surface area contributed by atoms with Crippen molar-refractivity contribution in [3.8, 4) is 0 Å². The molecule has 2 aromatic heterocycles. The van der Waals surface area contributed by atoms with E-state index in [4.69, 9.17) is 8.83 Å². The minimum absolute atomic E-state index is 0. The Morgan fingerprint density at radius 1 is 0.763 bits per heavy atom. The standard InChI is InChI=1S/C23H24FNO4.C22H23FO5.2CH4/c1-25-13-18(21(27)23(25)28)20(26)22-16(11-14-7-9-17(24)10-8-14)12-19(29-22)15-5-3-2-4-6-15;1-27-22(26)19(25)13-18(24)21-16(11-14-7-9-17(23)10-8-14)12-20(28-21)15-5-3-2-4-6-15;;/h7-10,12,15,27H,2-6,11,13H2,1H3;7-10,12-13,15,24H,2-6,11H2,1H3;2*1H4. The maximum atomic E-state index is 13.3. The first-order valence-corrected chi connectivity index (χ1v) is 19.4. The molecule has 7 rings (SSSR count). The van der Waals surface area contributed by atoms with Gasteiger partial charge in [-0.25, -0.2) is 13.6 Å². The van der Waals surface area contributed by atoms with E-state index in [1.54, 1.807) is 24.3 Å². The molecular weight excluding hydrogens is 761 g/mol. The number of aliphatic hydroxyl groups is 2. The first-order chi connectivity index (χ1) is 27.4. The SMILES string of the molecule is C.C.CN1CC(C(=O)c2oc(C3CCCCC3)cc2Cc2ccc(F)cc2)=C(O)C1=O.COC(=O)C(=O)C=C(O)c1oc(C2CCCCC2)cc1Cc1ccc(F)cc1. The number of likely N-dealkylation sites (N-methyl/N-ethyl adjacent to an activating group) is 1. The quantitative estimate of drug-likeness (QED) is 0.0496. The molecule has 0 atom stereocenters. The normalized spacial score (nSPS) is 16.2. The molecule has 2 aromatic carbocycles. The number of ether oxygens (including phenoxy) is 1. The van der Waals surface area contributed by atoms with E-state index in [1.165, 1.54) is 49.1 Å². The third-order valence-corrected chi connectivity index (χ3v) is 10.9. The van der Waals surface area contributed by atoms with Crippen LogP contribution in [0.1, 0.15) is 141 Å². The summed E-state index contributed by atoms with van der Waals surface area (Å²) in [5, 5.41) is 20.5. The molecule has 2 N–H and O–H groups in total. The van der Waals surface area contributed by atoms with Crippen LogP contribution in [0.15, 0.2) is 86.9 Å². The van der Waals surface area contributed by atoms with E-state index < -0.39 is 35.0 Å². The lowest BCUT2D eigenvalue weighted by Gasteiger charge is -2.19. The van der Waals surface area contributed by atoms with Crippen molar-refractivity contribution in [1.82, 2.24) is 4.90 Å². The number of carbonyl (C=O) groups is 4. The molecule has 0 unspecified atom stereocenters. The molecule has 0 saturated heterocycles. The zero-order chi connectivity index (χ0) is 40.6. The first kappa shape index (κ1) is 45.9. The highest BCUT2D eigenvalue weighted by molar-refractivity contribution is 6.39. The Labute approximate surface area is 344 Å². The van der Waals surface area contributed by atoms with Gasteiger partial charge < -0.3 is 28.7 Å². The molecule has 12 heteroatoms. The van der Waals surface area contributed by atoms with Crippen LogP contribution in [-0.2, 0) is 32.0 Å². The number of carbonyl (C=O) groups excluding carboxylic acids is 4. The summed E-state index contributed by atoms with van der Waals surface area (Å²) in [7, 11) is 2.63. The van der Waals surface area contributed by atoms with E-state index in [9.17, 15) is 38.2 Å². The van der Waals surface area contributed by atoms with Crippen molar-refractivity contribution in [3.63, 3.8) is 0 Å². The number of furan rings is 2. The molecule has 0 bridgehead atoms. The van der Waals surface area contributed by atoms with Crippen LogP contribution in [-0.4, -0.2) is 59.3 Å². The van der Waals surface area contributed by atoms with Crippen molar-refractivity contribution in [2.45, 2.75) is 104 Å². The molecule has 3 aliphatic rings. The number of benzene rings is 2. The molecule has 0 radical (unpaired) electrons. The third kappa shape index (κ3) is 11.2. The summed E-state index contributed by atoms with van der Waals surface area (Å²) in [6, 6.07) is 16.0. The van der Waals surface area contributed by atoms with Crippen molar-refractivity contribution < 1.29 is 51.7 Å². The Morgan fingerprint density at radius 2 is 1.20 bits per heavy atom. The Kier molecular flexibility index (Phi) is 16.2. The van der Waals surface area contributed by atoms with Crippen LogP contribution in [0, 0.1) is 11.6 Å². The highest BCUT2D eigenvalue weighted by atomic mass is 19.1. The average Bonchev–Trinajstić information content (AvgIpc) is 3.92. The van der Waals surface area contributed by atoms with Gasteiger partial charge in [-0.15, -0.1) is 0 Å². The predicted octanol–water partition coefficient (Wildman–Crippen LogP) is 10.5. The molecule has 316 valence electrons. The number of Topliss-reactive ketones (excluding diaryl/α,β-unsaturated/α-hetero) is 1. The second-order valence-corrected chi connectivity index (χ2v) is 15.0. The fourth-order valence-electron chi connectivity index (χ4n) is 7.75. The number of aliphatic hydroxyl groups excluding tert-OH is 2. The monoisotopic (exact) mass is 815 g/mol. The number of nitrogens with zero attached hydrogens (tertiary/aromatic N) is 1. The number of hydrogen-bond donors (Lipinski definition) is 2. The summed E-state index contributed by atoms with van der Waals surface area (Å²) < 4.78 is 42.8. The van der Waals surface area contributed by atoms with Crippen molar-refractivity contribution in [3.05, 3.63) is 135 Å². The summed E-state index contributed by atoms with van der Waals surface area (Å²) in [6.45, 7) is 0.0545. The van der Waals surface area contributed by atoms with Crippen molar-refractivity contribution in [1.29, 1.82) is 0 Å². The first-order valence-electron chi connectivity index (χ1n) is 19.4. The highest BCUT2D eigenvalue weighted by Gasteiger charge is 2.35. The Hall–Kier alpha value is -5.78. The number of rotatable bonds is 11. The molecule has 2 saturated carbocycles. The fraction of sp³-hybridized carbons (Fsp3) is 0.404. The minimum atomic E-state index is -1.06. The van der Waals surface area contributed by atoms with Crippen LogP contribution in [0.25, 0.3) is 5.76 Å². The van der Waals surface area contributed by atoms with Gasteiger partial charge in [0.15, 0.2) is 23.0 Å². The van der Waals surface area contributed by atoms with Gasteiger partial charge in [-0.2, -0.15) is 0 Å². The van der Waals surface area contributed by atoms with E-state index in [0.717, 1.165) is 87.2 Å². The third-order valence-electron chi connectivity index (χ3n) is 10.9. The zero-order valence-electron chi connectivity index (χ0n) is 32.2. The van der Waals surface area contributed by atoms with Gasteiger partial charge in [-0.3, -0.25) is 14.4 Å². The van der Waals surface area contributed by atoms with E-state index in [2.05, 4.69) is 4.74 Å². The number of ketones is 2. The number of esters is 1. The molecule has 2 fully saturated rings. The molecule has 59 heavy (non-hydrogen) atoms. The largest absolute Gasteiger partial charge is 0.504 e.